The van der Waals surface area contributed by atoms with Crippen molar-refractivity contribution in [3.63, 3.8) is 0 Å². The van der Waals surface area contributed by atoms with Crippen molar-refractivity contribution in [2.24, 2.45) is 0 Å². The monoisotopic (exact) mass is 370 g/mol. The lowest BCUT2D eigenvalue weighted by molar-refractivity contribution is -0.133. The van der Waals surface area contributed by atoms with Crippen LogP contribution in [0.4, 0.5) is 0 Å². The van der Waals surface area contributed by atoms with Crippen molar-refractivity contribution in [3.8, 4) is 11.1 Å². The van der Waals surface area contributed by atoms with Gasteiger partial charge in [-0.1, -0.05) is 47.1 Å². The zero-order valence-electron chi connectivity index (χ0n) is 10.9. The topological polar surface area (TPSA) is 63.1 Å². The Morgan fingerprint density at radius 2 is 1.95 bits per heavy atom. The van der Waals surface area contributed by atoms with Crippen LogP contribution in [-0.4, -0.2) is 26.8 Å². The molecule has 1 aromatic carbocycles. The fourth-order valence-corrected chi connectivity index (χ4v) is 3.99. The number of carboxylic acid groups (broad SMARTS) is 1. The molecule has 0 saturated carbocycles. The van der Waals surface area contributed by atoms with Gasteiger partial charge in [0, 0.05) is 16.0 Å². The lowest BCUT2D eigenvalue weighted by Crippen LogP contribution is -1.99. The zero-order valence-corrected chi connectivity index (χ0v) is 14.1. The normalized spacial score (nSPS) is 11.0. The number of aliphatic carboxylic acids is 1. The third-order valence-corrected chi connectivity index (χ3v) is 5.08. The fourth-order valence-electron chi connectivity index (χ4n) is 1.91. The van der Waals surface area contributed by atoms with Gasteiger partial charge in [0.05, 0.1) is 11.1 Å². The van der Waals surface area contributed by atoms with Crippen molar-refractivity contribution in [2.45, 2.75) is 5.16 Å². The van der Waals surface area contributed by atoms with E-state index in [1.54, 1.807) is 0 Å². The van der Waals surface area contributed by atoms with Crippen molar-refractivity contribution >= 4 is 62.5 Å². The standard InChI is InChI=1S/C14H8Cl2N2O2S2/c15-8-3-1-7(2-4-8)9-5-21-13-11(9)12(16)17-14(18-13)22-6-10(19)20/h1-5H,6H2,(H,19,20). The second-order valence-electron chi connectivity index (χ2n) is 4.32. The molecule has 0 aliphatic rings. The third-order valence-electron chi connectivity index (χ3n) is 2.85. The quantitative estimate of drug-likeness (QED) is 0.404. The molecular formula is C14H8Cl2N2O2S2. The van der Waals surface area contributed by atoms with Crippen LogP contribution in [0.2, 0.25) is 10.2 Å². The van der Waals surface area contributed by atoms with Gasteiger partial charge in [0.25, 0.3) is 0 Å². The number of fused-ring (bicyclic) bond motifs is 1. The number of hydrogen-bond acceptors (Lipinski definition) is 5. The first-order chi connectivity index (χ1) is 10.5. The van der Waals surface area contributed by atoms with Gasteiger partial charge in [-0.3, -0.25) is 4.79 Å². The summed E-state index contributed by atoms with van der Waals surface area (Å²) in [5.74, 6) is -1.02. The second-order valence-corrected chi connectivity index (χ2v) is 6.91. The van der Waals surface area contributed by atoms with Crippen molar-refractivity contribution in [2.75, 3.05) is 5.75 Å². The predicted molar refractivity (Wildman–Crippen MR) is 91.2 cm³/mol. The van der Waals surface area contributed by atoms with E-state index in [-0.39, 0.29) is 5.75 Å². The smallest absolute Gasteiger partial charge is 0.313 e. The number of carboxylic acids is 1. The SMILES string of the molecule is O=C(O)CSc1nc(Cl)c2c(-c3ccc(Cl)cc3)csc2n1. The highest BCUT2D eigenvalue weighted by molar-refractivity contribution is 7.99. The third kappa shape index (κ3) is 3.20. The highest BCUT2D eigenvalue weighted by atomic mass is 35.5. The van der Waals surface area contributed by atoms with E-state index in [9.17, 15) is 4.79 Å². The van der Waals surface area contributed by atoms with Crippen molar-refractivity contribution in [3.05, 3.63) is 39.8 Å². The minimum absolute atomic E-state index is 0.0999. The summed E-state index contributed by atoms with van der Waals surface area (Å²) in [4.78, 5) is 19.9. The fraction of sp³-hybridized carbons (Fsp3) is 0.0714. The van der Waals surface area contributed by atoms with Gasteiger partial charge in [0.2, 0.25) is 0 Å². The number of nitrogens with zero attached hydrogens (tertiary/aromatic N) is 2. The number of aromatic nitrogens is 2. The minimum Gasteiger partial charge on any atom is -0.481 e. The number of rotatable bonds is 4. The van der Waals surface area contributed by atoms with Gasteiger partial charge < -0.3 is 5.11 Å². The van der Waals surface area contributed by atoms with Crippen LogP contribution in [0, 0.1) is 0 Å². The highest BCUT2D eigenvalue weighted by Crippen LogP contribution is 2.37. The van der Waals surface area contributed by atoms with Crippen molar-refractivity contribution in [1.29, 1.82) is 0 Å². The van der Waals surface area contributed by atoms with Crippen LogP contribution in [0.25, 0.3) is 21.3 Å². The summed E-state index contributed by atoms with van der Waals surface area (Å²) in [5.41, 5.74) is 1.92. The molecule has 0 bridgehead atoms. The van der Waals surface area contributed by atoms with Gasteiger partial charge in [-0.25, -0.2) is 9.97 Å². The van der Waals surface area contributed by atoms with E-state index in [0.717, 1.165) is 33.1 Å². The van der Waals surface area contributed by atoms with E-state index in [0.29, 0.717) is 15.3 Å². The number of benzene rings is 1. The maximum atomic E-state index is 10.6. The average molecular weight is 371 g/mol. The molecule has 0 spiro atoms. The maximum absolute atomic E-state index is 10.6. The molecule has 8 heteroatoms. The van der Waals surface area contributed by atoms with Crippen molar-refractivity contribution in [1.82, 2.24) is 9.97 Å². The number of thioether (sulfide) groups is 1. The van der Waals surface area contributed by atoms with Crippen LogP contribution in [0.15, 0.2) is 34.8 Å². The highest BCUT2D eigenvalue weighted by Gasteiger charge is 2.15. The molecular weight excluding hydrogens is 363 g/mol. The first-order valence-corrected chi connectivity index (χ1v) is 8.72. The summed E-state index contributed by atoms with van der Waals surface area (Å²) in [6.45, 7) is 0. The molecule has 0 fully saturated rings. The summed E-state index contributed by atoms with van der Waals surface area (Å²) in [5, 5.41) is 12.8. The molecule has 22 heavy (non-hydrogen) atoms. The van der Waals surface area contributed by atoms with Gasteiger partial charge in [-0.15, -0.1) is 11.3 Å². The summed E-state index contributed by atoms with van der Waals surface area (Å²) in [6.07, 6.45) is 0. The minimum atomic E-state index is -0.919. The van der Waals surface area contributed by atoms with Crippen LogP contribution in [0.5, 0.6) is 0 Å². The Labute approximate surface area is 144 Å². The molecule has 0 unspecified atom stereocenters. The predicted octanol–water partition coefficient (Wildman–Crippen LogP) is 4.84. The molecule has 3 aromatic rings. The van der Waals surface area contributed by atoms with E-state index in [1.807, 2.05) is 29.6 Å². The van der Waals surface area contributed by atoms with Crippen LogP contribution < -0.4 is 0 Å². The molecule has 0 radical (unpaired) electrons. The zero-order chi connectivity index (χ0) is 15.7. The van der Waals surface area contributed by atoms with Crippen LogP contribution in [0.3, 0.4) is 0 Å². The van der Waals surface area contributed by atoms with Gasteiger partial charge >= 0.3 is 5.97 Å². The van der Waals surface area contributed by atoms with Gasteiger partial charge in [0.1, 0.15) is 9.98 Å². The van der Waals surface area contributed by atoms with E-state index in [2.05, 4.69) is 9.97 Å². The largest absolute Gasteiger partial charge is 0.481 e. The molecule has 112 valence electrons. The first kappa shape index (κ1) is 15.6. The van der Waals surface area contributed by atoms with Crippen LogP contribution >= 0.6 is 46.3 Å². The van der Waals surface area contributed by atoms with E-state index in [1.165, 1.54) is 11.3 Å². The Bertz CT molecular complexity index is 850. The Hall–Kier alpha value is -1.34. The molecule has 2 aromatic heterocycles. The Balaban J connectivity index is 2.04. The van der Waals surface area contributed by atoms with E-state index in [4.69, 9.17) is 28.3 Å². The Morgan fingerprint density at radius 1 is 1.23 bits per heavy atom. The molecule has 0 aliphatic carbocycles. The van der Waals surface area contributed by atoms with Gasteiger partial charge in [-0.2, -0.15) is 0 Å². The summed E-state index contributed by atoms with van der Waals surface area (Å²) >= 11 is 14.7. The maximum Gasteiger partial charge on any atom is 0.313 e. The Morgan fingerprint density at radius 3 is 2.64 bits per heavy atom. The molecule has 4 nitrogen and oxygen atoms in total. The van der Waals surface area contributed by atoms with Gasteiger partial charge in [0.15, 0.2) is 5.16 Å². The number of halogens is 2. The second kappa shape index (κ2) is 6.42. The summed E-state index contributed by atoms with van der Waals surface area (Å²) in [7, 11) is 0. The van der Waals surface area contributed by atoms with Crippen LogP contribution in [0.1, 0.15) is 0 Å². The molecule has 0 saturated heterocycles. The summed E-state index contributed by atoms with van der Waals surface area (Å²) in [6, 6.07) is 7.44. The van der Waals surface area contributed by atoms with Gasteiger partial charge in [-0.05, 0) is 17.7 Å². The van der Waals surface area contributed by atoms with Crippen molar-refractivity contribution < 1.29 is 9.90 Å². The lowest BCUT2D eigenvalue weighted by atomic mass is 10.1. The average Bonchev–Trinajstić information content (AvgIpc) is 2.90. The summed E-state index contributed by atoms with van der Waals surface area (Å²) < 4.78 is 0. The number of hydrogen-bond donors (Lipinski definition) is 1. The lowest BCUT2D eigenvalue weighted by Gasteiger charge is -2.03. The van der Waals surface area contributed by atoms with E-state index >= 15 is 0 Å². The first-order valence-electron chi connectivity index (χ1n) is 6.10. The van der Waals surface area contributed by atoms with Crippen LogP contribution in [-0.2, 0) is 4.79 Å². The van der Waals surface area contributed by atoms with E-state index < -0.39 is 5.97 Å². The molecule has 0 atom stereocenters. The Kier molecular flexibility index (Phi) is 4.54. The molecule has 0 amide bonds. The molecule has 1 N–H and O–H groups in total. The molecule has 0 aliphatic heterocycles. The number of carbonyl (C=O) groups is 1. The number of thiophene rings is 1. The molecule has 2 heterocycles. The molecule has 3 rings (SSSR count).